The Labute approximate surface area is 219 Å². The first-order chi connectivity index (χ1) is 16.7. The molecule has 1 spiro atoms. The molecule has 2 saturated heterocycles. The lowest BCUT2D eigenvalue weighted by atomic mass is 9.30. The molecule has 36 heavy (non-hydrogen) atoms. The highest BCUT2D eigenvalue weighted by molar-refractivity contribution is 5.89. The zero-order chi connectivity index (χ0) is 26.1. The third-order valence-electron chi connectivity index (χ3n) is 14.6. The summed E-state index contributed by atoms with van der Waals surface area (Å²) in [5, 5.41) is 0. The van der Waals surface area contributed by atoms with Crippen molar-refractivity contribution < 1.29 is 19.1 Å². The second-order valence-electron chi connectivity index (χ2n) is 15.8. The fourth-order valence-corrected chi connectivity index (χ4v) is 12.4. The van der Waals surface area contributed by atoms with Gasteiger partial charge < -0.3 is 9.47 Å². The average Bonchev–Trinajstić information content (AvgIpc) is 2.78. The van der Waals surface area contributed by atoms with Gasteiger partial charge >= 0.3 is 5.97 Å². The van der Waals surface area contributed by atoms with E-state index in [0.29, 0.717) is 51.6 Å². The van der Waals surface area contributed by atoms with Gasteiger partial charge in [-0.25, -0.2) is 0 Å². The molecular weight excluding hydrogens is 448 g/mol. The van der Waals surface area contributed by atoms with Crippen molar-refractivity contribution >= 4 is 11.8 Å². The van der Waals surface area contributed by atoms with Crippen LogP contribution in [0.2, 0.25) is 0 Å². The van der Waals surface area contributed by atoms with Crippen LogP contribution in [0.25, 0.3) is 0 Å². The predicted molar refractivity (Wildman–Crippen MR) is 140 cm³/mol. The van der Waals surface area contributed by atoms with Crippen LogP contribution < -0.4 is 0 Å². The van der Waals surface area contributed by atoms with Crippen LogP contribution in [0.1, 0.15) is 113 Å². The van der Waals surface area contributed by atoms with E-state index in [-0.39, 0.29) is 22.9 Å². The van der Waals surface area contributed by atoms with Crippen LogP contribution in [0.3, 0.4) is 0 Å². The maximum atomic E-state index is 13.2. The lowest BCUT2D eigenvalue weighted by Crippen LogP contribution is -2.72. The van der Waals surface area contributed by atoms with Gasteiger partial charge in [-0.2, -0.15) is 0 Å². The first-order valence-electron chi connectivity index (χ1n) is 15.0. The van der Waals surface area contributed by atoms with Crippen molar-refractivity contribution in [3.05, 3.63) is 0 Å². The van der Waals surface area contributed by atoms with Crippen molar-refractivity contribution in [3.8, 4) is 0 Å². The van der Waals surface area contributed by atoms with E-state index in [1.165, 1.54) is 38.5 Å². The Morgan fingerprint density at radius 1 is 0.889 bits per heavy atom. The van der Waals surface area contributed by atoms with Crippen LogP contribution in [0, 0.1) is 56.7 Å². The fourth-order valence-electron chi connectivity index (χ4n) is 12.4. The summed E-state index contributed by atoms with van der Waals surface area (Å²) in [4.78, 5) is 25.1. The van der Waals surface area contributed by atoms with E-state index in [0.717, 1.165) is 25.9 Å². The number of carbonyl (C=O) groups is 2. The molecule has 5 saturated carbocycles. The Hall–Kier alpha value is -0.900. The third kappa shape index (κ3) is 2.81. The van der Waals surface area contributed by atoms with Crippen molar-refractivity contribution in [1.82, 2.24) is 0 Å². The van der Waals surface area contributed by atoms with Gasteiger partial charge in [0.05, 0.1) is 6.61 Å². The molecule has 7 aliphatic rings. The maximum Gasteiger partial charge on any atom is 0.302 e. The molecule has 2 heterocycles. The largest absolute Gasteiger partial charge is 0.462 e. The topological polar surface area (TPSA) is 52.6 Å². The number of hydrogen-bond acceptors (Lipinski definition) is 4. The zero-order valence-corrected chi connectivity index (χ0v) is 24.2. The molecule has 202 valence electrons. The van der Waals surface area contributed by atoms with E-state index in [9.17, 15) is 9.59 Å². The Morgan fingerprint density at radius 2 is 1.61 bits per heavy atom. The summed E-state index contributed by atoms with van der Waals surface area (Å²) in [6.45, 7) is 19.5. The number of rotatable bonds is 1. The lowest BCUT2D eigenvalue weighted by molar-refractivity contribution is -0.294. The number of ether oxygens (including phenoxy) is 2. The molecule has 0 amide bonds. The quantitative estimate of drug-likeness (QED) is 0.366. The third-order valence-corrected chi connectivity index (χ3v) is 14.6. The minimum absolute atomic E-state index is 0.0116. The van der Waals surface area contributed by atoms with E-state index in [2.05, 4.69) is 48.5 Å². The molecule has 4 nitrogen and oxygen atoms in total. The average molecular weight is 499 g/mol. The molecule has 0 N–H and O–H groups in total. The first kappa shape index (κ1) is 25.4. The highest BCUT2D eigenvalue weighted by Crippen LogP contribution is 2.77. The van der Waals surface area contributed by atoms with Crippen LogP contribution in [-0.2, 0) is 19.1 Å². The fraction of sp³-hybridized carbons (Fsp3) is 0.938. The van der Waals surface area contributed by atoms with Gasteiger partial charge in [0.2, 0.25) is 0 Å². The first-order valence-corrected chi connectivity index (χ1v) is 15.0. The van der Waals surface area contributed by atoms with Crippen LogP contribution in [0.5, 0.6) is 0 Å². The van der Waals surface area contributed by atoms with E-state index in [4.69, 9.17) is 9.47 Å². The molecule has 2 bridgehead atoms. The van der Waals surface area contributed by atoms with E-state index < -0.39 is 5.60 Å². The normalized spacial score (nSPS) is 57.2. The van der Waals surface area contributed by atoms with Crippen LogP contribution in [-0.4, -0.2) is 30.1 Å². The lowest BCUT2D eigenvalue weighted by Gasteiger charge is -2.75. The SMILES string of the molecule is CC(=O)OC1CCC2(C)C(CCC3(C)C2CCC2C4C(C)C5(C)OCC4(CCC23C)CC5=O)C1(C)C. The van der Waals surface area contributed by atoms with Gasteiger partial charge in [0.25, 0.3) is 0 Å². The van der Waals surface area contributed by atoms with Crippen molar-refractivity contribution in [3.63, 3.8) is 0 Å². The van der Waals surface area contributed by atoms with Gasteiger partial charge in [-0.15, -0.1) is 0 Å². The smallest absolute Gasteiger partial charge is 0.302 e. The summed E-state index contributed by atoms with van der Waals surface area (Å²) in [7, 11) is 0. The highest BCUT2D eigenvalue weighted by atomic mass is 16.5. The van der Waals surface area contributed by atoms with Crippen molar-refractivity contribution in [2.24, 2.45) is 56.7 Å². The van der Waals surface area contributed by atoms with E-state index in [1.807, 2.05) is 0 Å². The molecule has 7 fully saturated rings. The monoisotopic (exact) mass is 498 g/mol. The summed E-state index contributed by atoms with van der Waals surface area (Å²) in [6, 6.07) is 0. The van der Waals surface area contributed by atoms with Gasteiger partial charge in [0, 0.05) is 24.2 Å². The predicted octanol–water partition coefficient (Wildman–Crippen LogP) is 6.99. The summed E-state index contributed by atoms with van der Waals surface area (Å²) in [5.41, 5.74) is 0.422. The maximum absolute atomic E-state index is 13.2. The Kier molecular flexibility index (Phi) is 5.21. The summed E-state index contributed by atoms with van der Waals surface area (Å²) in [5.74, 6) is 3.13. The molecule has 11 unspecified atom stereocenters. The number of esters is 1. The summed E-state index contributed by atoms with van der Waals surface area (Å²) >= 11 is 0. The molecule has 4 heteroatoms. The zero-order valence-electron chi connectivity index (χ0n) is 24.2. The van der Waals surface area contributed by atoms with E-state index in [1.54, 1.807) is 6.92 Å². The van der Waals surface area contributed by atoms with Crippen LogP contribution in [0.15, 0.2) is 0 Å². The molecular formula is C32H50O4. The van der Waals surface area contributed by atoms with Gasteiger partial charge in [-0.3, -0.25) is 9.59 Å². The molecule has 0 aromatic carbocycles. The Balaban J connectivity index is 1.36. The molecule has 2 aliphatic heterocycles. The van der Waals surface area contributed by atoms with E-state index >= 15 is 0 Å². The Morgan fingerprint density at radius 3 is 2.28 bits per heavy atom. The Bertz CT molecular complexity index is 987. The van der Waals surface area contributed by atoms with Gasteiger partial charge in [-0.1, -0.05) is 41.5 Å². The minimum atomic E-state index is -0.578. The number of Topliss-reactive ketones (excluding diaryl/α,β-unsaturated/α-hetero) is 1. The molecule has 5 aliphatic carbocycles. The molecule has 0 aromatic rings. The number of fused-ring (bicyclic) bond motifs is 7. The number of carbonyl (C=O) groups excluding carboxylic acids is 2. The molecule has 0 radical (unpaired) electrons. The number of ketones is 1. The summed E-state index contributed by atoms with van der Waals surface area (Å²) in [6.07, 6.45) is 10.5. The second-order valence-corrected chi connectivity index (χ2v) is 15.8. The molecule has 0 aromatic heterocycles. The van der Waals surface area contributed by atoms with Crippen molar-refractivity contribution in [2.45, 2.75) is 125 Å². The van der Waals surface area contributed by atoms with Crippen LogP contribution >= 0.6 is 0 Å². The van der Waals surface area contributed by atoms with Crippen LogP contribution in [0.4, 0.5) is 0 Å². The van der Waals surface area contributed by atoms with Gasteiger partial charge in [0.15, 0.2) is 5.78 Å². The molecule has 7 rings (SSSR count). The van der Waals surface area contributed by atoms with Gasteiger partial charge in [-0.05, 0) is 104 Å². The number of hydrogen-bond donors (Lipinski definition) is 0. The minimum Gasteiger partial charge on any atom is -0.462 e. The molecule has 11 atom stereocenters. The second kappa shape index (κ2) is 7.39. The van der Waals surface area contributed by atoms with Crippen molar-refractivity contribution in [1.29, 1.82) is 0 Å². The summed E-state index contributed by atoms with van der Waals surface area (Å²) < 4.78 is 12.3. The van der Waals surface area contributed by atoms with Crippen molar-refractivity contribution in [2.75, 3.05) is 6.61 Å². The highest BCUT2D eigenvalue weighted by Gasteiger charge is 2.73. The van der Waals surface area contributed by atoms with Gasteiger partial charge in [0.1, 0.15) is 11.7 Å². The standard InChI is InChI=1S/C32H50O4/c1-19-26-21-9-10-23-28(5)13-12-25(36-20(2)33)27(3,4)22(28)11-14-30(23,7)29(21,6)15-16-32(26)17-24(34)31(19,8)35-18-32/h19,21-23,25-26H,9-18H2,1-8H3.